The fourth-order valence-electron chi connectivity index (χ4n) is 5.27. The fraction of sp³-hybridized carbons (Fsp3) is 0.579. The van der Waals surface area contributed by atoms with E-state index in [1.807, 2.05) is 30.3 Å². The molecule has 2 saturated carbocycles. The average Bonchev–Trinajstić information content (AvgIpc) is 3.07. The number of carbonyl (C=O) groups excluding carboxylic acids is 1. The Morgan fingerprint density at radius 2 is 2.12 bits per heavy atom. The highest BCUT2D eigenvalue weighted by Gasteiger charge is 2.72. The van der Waals surface area contributed by atoms with Crippen LogP contribution in [0.2, 0.25) is 0 Å². The van der Waals surface area contributed by atoms with Crippen molar-refractivity contribution in [1.82, 2.24) is 4.90 Å². The van der Waals surface area contributed by atoms with Crippen LogP contribution in [0.4, 0.5) is 0 Å². The normalized spacial score (nSPS) is 34.1. The zero-order valence-corrected chi connectivity index (χ0v) is 14.9. The van der Waals surface area contributed by atoms with Gasteiger partial charge in [0.1, 0.15) is 6.10 Å². The molecule has 5 heteroatoms. The summed E-state index contributed by atoms with van der Waals surface area (Å²) in [5, 5.41) is 10.7. The number of ether oxygens (including phenoxy) is 1. The van der Waals surface area contributed by atoms with Crippen molar-refractivity contribution < 1.29 is 14.6 Å². The molecule has 3 aliphatic rings. The fourth-order valence-corrected chi connectivity index (χ4v) is 5.65. The second kappa shape index (κ2) is 5.27. The van der Waals surface area contributed by atoms with Crippen molar-refractivity contribution in [2.75, 3.05) is 0 Å². The van der Waals surface area contributed by atoms with Crippen LogP contribution in [0.3, 0.4) is 0 Å². The highest BCUT2D eigenvalue weighted by molar-refractivity contribution is 7.80. The van der Waals surface area contributed by atoms with Crippen LogP contribution >= 0.6 is 12.2 Å². The molecule has 1 heterocycles. The van der Waals surface area contributed by atoms with Gasteiger partial charge in [0, 0.05) is 0 Å². The number of hydrogen-bond donors (Lipinski definition) is 1. The van der Waals surface area contributed by atoms with Crippen molar-refractivity contribution >= 4 is 23.3 Å². The molecule has 4 nitrogen and oxygen atoms in total. The average molecular weight is 345 g/mol. The van der Waals surface area contributed by atoms with E-state index in [9.17, 15) is 9.90 Å². The van der Waals surface area contributed by atoms with E-state index < -0.39 is 6.10 Å². The van der Waals surface area contributed by atoms with Crippen LogP contribution in [0.1, 0.15) is 51.2 Å². The molecule has 1 N–H and O–H groups in total. The van der Waals surface area contributed by atoms with Gasteiger partial charge in [0.2, 0.25) is 5.91 Å². The molecule has 0 aromatic heterocycles. The minimum Gasteiger partial charge on any atom is -0.465 e. The van der Waals surface area contributed by atoms with Gasteiger partial charge >= 0.3 is 0 Å². The third kappa shape index (κ3) is 1.94. The summed E-state index contributed by atoms with van der Waals surface area (Å²) in [4.78, 5) is 14.8. The van der Waals surface area contributed by atoms with E-state index in [-0.39, 0.29) is 29.4 Å². The number of fused-ring (bicyclic) bond motifs is 1. The second-order valence-corrected chi connectivity index (χ2v) is 8.20. The largest absolute Gasteiger partial charge is 0.465 e. The number of benzene rings is 1. The van der Waals surface area contributed by atoms with Gasteiger partial charge in [-0.1, -0.05) is 44.2 Å². The molecule has 1 spiro atoms. The van der Waals surface area contributed by atoms with E-state index in [1.165, 1.54) is 0 Å². The van der Waals surface area contributed by atoms with Gasteiger partial charge in [0.25, 0.3) is 5.17 Å². The first-order chi connectivity index (χ1) is 11.4. The second-order valence-electron chi connectivity index (χ2n) is 7.85. The number of carbonyl (C=O) groups is 1. The van der Waals surface area contributed by atoms with Gasteiger partial charge < -0.3 is 9.84 Å². The molecular formula is C19H23NO3S. The molecule has 1 aliphatic heterocycles. The lowest BCUT2D eigenvalue weighted by Gasteiger charge is -2.42. The molecule has 128 valence electrons. The summed E-state index contributed by atoms with van der Waals surface area (Å²) in [6.07, 6.45) is 2.24. The smallest absolute Gasteiger partial charge is 0.267 e. The summed E-state index contributed by atoms with van der Waals surface area (Å²) < 4.78 is 5.92. The maximum Gasteiger partial charge on any atom is 0.267 e. The molecule has 24 heavy (non-hydrogen) atoms. The summed E-state index contributed by atoms with van der Waals surface area (Å²) in [6, 6.07) is 9.29. The lowest BCUT2D eigenvalue weighted by atomic mass is 9.74. The number of hydrogen-bond acceptors (Lipinski definition) is 4. The molecule has 0 unspecified atom stereocenters. The van der Waals surface area contributed by atoms with E-state index in [2.05, 4.69) is 13.8 Å². The molecule has 2 bridgehead atoms. The third-order valence-electron chi connectivity index (χ3n) is 6.67. The van der Waals surface area contributed by atoms with Crippen LogP contribution in [0.5, 0.6) is 0 Å². The molecule has 1 amide bonds. The highest BCUT2D eigenvalue weighted by Crippen LogP contribution is 2.66. The topological polar surface area (TPSA) is 49.8 Å². The molecule has 1 aromatic rings. The summed E-state index contributed by atoms with van der Waals surface area (Å²) in [6.45, 7) is 4.46. The van der Waals surface area contributed by atoms with Crippen LogP contribution in [-0.4, -0.2) is 32.7 Å². The van der Waals surface area contributed by atoms with E-state index >= 15 is 0 Å². The van der Waals surface area contributed by atoms with Crippen molar-refractivity contribution in [2.45, 2.75) is 57.3 Å². The minimum atomic E-state index is -0.821. The molecule has 4 atom stereocenters. The van der Waals surface area contributed by atoms with Gasteiger partial charge in [-0.15, -0.1) is 0 Å². The van der Waals surface area contributed by atoms with Gasteiger partial charge in [-0.2, -0.15) is 0 Å². The predicted molar refractivity (Wildman–Crippen MR) is 94.2 cm³/mol. The van der Waals surface area contributed by atoms with Crippen LogP contribution in [-0.2, 0) is 9.53 Å². The Morgan fingerprint density at radius 1 is 1.42 bits per heavy atom. The van der Waals surface area contributed by atoms with Gasteiger partial charge in [0.05, 0.1) is 18.1 Å². The van der Waals surface area contributed by atoms with E-state index in [0.717, 1.165) is 24.8 Å². The molecule has 0 radical (unpaired) electrons. The predicted octanol–water partition coefficient (Wildman–Crippen LogP) is 3.20. The number of aliphatic hydroxyl groups is 1. The number of amides is 1. The number of aliphatic hydroxyl groups excluding tert-OH is 1. The first-order valence-electron chi connectivity index (χ1n) is 8.64. The van der Waals surface area contributed by atoms with Crippen LogP contribution in [0, 0.1) is 11.3 Å². The van der Waals surface area contributed by atoms with E-state index in [1.54, 1.807) is 4.90 Å². The molecule has 3 fully saturated rings. The number of rotatable bonds is 3. The Balaban J connectivity index is 1.61. The first kappa shape index (κ1) is 16.0. The monoisotopic (exact) mass is 345 g/mol. The van der Waals surface area contributed by atoms with E-state index in [0.29, 0.717) is 11.1 Å². The highest BCUT2D eigenvalue weighted by atomic mass is 32.1. The SMILES string of the molecule is CC1(C)[C@@H]2CC[C@]13[C@@H](C2)OC(=S)N3C(=O)C[C@H](O)c1ccccc1. The Morgan fingerprint density at radius 3 is 2.79 bits per heavy atom. The molecule has 1 saturated heterocycles. The van der Waals surface area contributed by atoms with E-state index in [4.69, 9.17) is 17.0 Å². The lowest BCUT2D eigenvalue weighted by molar-refractivity contribution is -0.135. The minimum absolute atomic E-state index is 0.00835. The maximum absolute atomic E-state index is 13.1. The van der Waals surface area contributed by atoms with Crippen LogP contribution in [0.15, 0.2) is 30.3 Å². The Labute approximate surface area is 147 Å². The Kier molecular flexibility index (Phi) is 3.52. The van der Waals surface area contributed by atoms with Crippen LogP contribution < -0.4 is 0 Å². The van der Waals surface area contributed by atoms with Crippen molar-refractivity contribution in [3.63, 3.8) is 0 Å². The summed E-state index contributed by atoms with van der Waals surface area (Å²) in [7, 11) is 0. The quantitative estimate of drug-likeness (QED) is 0.855. The molecular weight excluding hydrogens is 322 g/mol. The lowest BCUT2D eigenvalue weighted by Crippen LogP contribution is -2.57. The van der Waals surface area contributed by atoms with Crippen molar-refractivity contribution in [1.29, 1.82) is 0 Å². The standard InChI is InChI=1S/C19H23NO3S/c1-18(2)13-8-9-19(18)15(10-13)23-17(24)20(19)16(22)11-14(21)12-6-4-3-5-7-12/h3-7,13-15,21H,8-11H2,1-2H3/t13-,14+,15-,19+/m1/s1. The molecule has 4 rings (SSSR count). The third-order valence-corrected chi connectivity index (χ3v) is 6.95. The Hall–Kier alpha value is -1.46. The summed E-state index contributed by atoms with van der Waals surface area (Å²) >= 11 is 5.40. The zero-order chi connectivity index (χ0) is 17.1. The maximum atomic E-state index is 13.1. The van der Waals surface area contributed by atoms with Crippen molar-refractivity contribution in [2.24, 2.45) is 11.3 Å². The zero-order valence-electron chi connectivity index (χ0n) is 14.1. The van der Waals surface area contributed by atoms with Gasteiger partial charge in [-0.05, 0) is 48.4 Å². The molecule has 1 aromatic carbocycles. The Bertz CT molecular complexity index is 689. The van der Waals surface area contributed by atoms with Gasteiger partial charge in [-0.25, -0.2) is 0 Å². The van der Waals surface area contributed by atoms with Crippen molar-refractivity contribution in [3.05, 3.63) is 35.9 Å². The summed E-state index contributed by atoms with van der Waals surface area (Å²) in [5.41, 5.74) is 0.411. The van der Waals surface area contributed by atoms with Gasteiger partial charge in [-0.3, -0.25) is 9.69 Å². The number of thiocarbonyl (C=S) groups is 1. The first-order valence-corrected chi connectivity index (χ1v) is 9.05. The van der Waals surface area contributed by atoms with Crippen LogP contribution in [0.25, 0.3) is 0 Å². The summed E-state index contributed by atoms with van der Waals surface area (Å²) in [5.74, 6) is 0.439. The molecule has 2 aliphatic carbocycles. The van der Waals surface area contributed by atoms with Gasteiger partial charge in [0.15, 0.2) is 0 Å². The number of nitrogens with zero attached hydrogens (tertiary/aromatic N) is 1. The van der Waals surface area contributed by atoms with Crippen molar-refractivity contribution in [3.8, 4) is 0 Å².